The molecule has 0 radical (unpaired) electrons. The molecule has 0 amide bonds. The number of phenolic OH excluding ortho intramolecular Hbond substituents is 1. The lowest BCUT2D eigenvalue weighted by Gasteiger charge is -2.37. The Kier molecular flexibility index (Phi) is 10.2. The molecule has 2 aromatic carbocycles. The van der Waals surface area contributed by atoms with Gasteiger partial charge in [0.15, 0.2) is 5.43 Å². The van der Waals surface area contributed by atoms with Gasteiger partial charge in [-0.15, -0.1) is 0 Å². The van der Waals surface area contributed by atoms with Crippen LogP contribution < -0.4 is 10.2 Å². The first-order chi connectivity index (χ1) is 18.9. The predicted molar refractivity (Wildman–Crippen MR) is 144 cm³/mol. The fraction of sp³-hybridized carbons (Fsp3) is 0.345. The van der Waals surface area contributed by atoms with E-state index in [1.165, 1.54) is 38.3 Å². The summed E-state index contributed by atoms with van der Waals surface area (Å²) in [5, 5.41) is 47.2. The van der Waals surface area contributed by atoms with Crippen LogP contribution in [0.2, 0.25) is 0 Å². The molecule has 0 saturated carbocycles. The number of hydrogen-bond acceptors (Lipinski definition) is 10. The quantitative estimate of drug-likeness (QED) is 0.269. The van der Waals surface area contributed by atoms with Gasteiger partial charge in [0.05, 0.1) is 43.3 Å². The van der Waals surface area contributed by atoms with E-state index in [0.717, 1.165) is 11.6 Å². The van der Waals surface area contributed by atoms with Crippen molar-refractivity contribution < 1.29 is 49.0 Å². The lowest BCUT2D eigenvalue weighted by molar-refractivity contribution is -0.181. The van der Waals surface area contributed by atoms with Crippen molar-refractivity contribution in [1.29, 1.82) is 0 Å². The van der Waals surface area contributed by atoms with Crippen LogP contribution in [0.5, 0.6) is 11.5 Å². The second-order valence-electron chi connectivity index (χ2n) is 9.37. The highest BCUT2D eigenvalue weighted by Gasteiger charge is 2.39. The van der Waals surface area contributed by atoms with Crippen molar-refractivity contribution in [3.05, 3.63) is 75.1 Å². The maximum Gasteiger partial charge on any atom is 0.328 e. The van der Waals surface area contributed by atoms with Crippen LogP contribution in [0.4, 0.5) is 0 Å². The molecule has 4 rings (SSSR count). The average molecular weight is 557 g/mol. The first-order valence-corrected chi connectivity index (χ1v) is 12.4. The number of hydrogen-bond donors (Lipinski definition) is 5. The molecule has 40 heavy (non-hydrogen) atoms. The molecule has 1 aliphatic heterocycles. The molecule has 1 saturated heterocycles. The lowest BCUT2D eigenvalue weighted by Crippen LogP contribution is -2.47. The number of methoxy groups -OCH3 is 1. The minimum Gasteiger partial charge on any atom is -0.508 e. The number of carboxylic acid groups (broad SMARTS) is 1. The number of carboxylic acids is 1. The Morgan fingerprint density at radius 3 is 2.40 bits per heavy atom. The van der Waals surface area contributed by atoms with E-state index in [9.17, 15) is 29.7 Å². The summed E-state index contributed by atoms with van der Waals surface area (Å²) in [6, 6.07) is 9.24. The van der Waals surface area contributed by atoms with Gasteiger partial charge in [-0.3, -0.25) is 9.59 Å². The number of fused-ring (bicyclic) bond motifs is 1. The van der Waals surface area contributed by atoms with Gasteiger partial charge in [-0.1, -0.05) is 12.1 Å². The van der Waals surface area contributed by atoms with Crippen LogP contribution in [0.1, 0.15) is 41.9 Å². The minimum absolute atomic E-state index is 0.0207. The van der Waals surface area contributed by atoms with E-state index in [2.05, 4.69) is 0 Å². The van der Waals surface area contributed by atoms with E-state index in [0.29, 0.717) is 22.3 Å². The molecule has 1 fully saturated rings. The average Bonchev–Trinajstić information content (AvgIpc) is 2.89. The van der Waals surface area contributed by atoms with Gasteiger partial charge in [-0.25, -0.2) is 4.79 Å². The maximum atomic E-state index is 12.7. The number of aliphatic hydroxyl groups excluding tert-OH is 3. The van der Waals surface area contributed by atoms with Gasteiger partial charge in [-0.2, -0.15) is 0 Å². The molecule has 4 unspecified atom stereocenters. The molecule has 11 nitrogen and oxygen atoms in total. The van der Waals surface area contributed by atoms with Gasteiger partial charge in [0.1, 0.15) is 40.8 Å². The normalized spacial score (nSPS) is 20.6. The van der Waals surface area contributed by atoms with Gasteiger partial charge in [0.25, 0.3) is 0 Å². The smallest absolute Gasteiger partial charge is 0.328 e. The number of rotatable bonds is 7. The van der Waals surface area contributed by atoms with Crippen molar-refractivity contribution in [2.24, 2.45) is 0 Å². The zero-order valence-corrected chi connectivity index (χ0v) is 22.2. The molecule has 3 aromatic rings. The molecule has 1 aliphatic rings. The number of ketones is 1. The Morgan fingerprint density at radius 2 is 1.82 bits per heavy atom. The predicted octanol–water partition coefficient (Wildman–Crippen LogP) is 2.28. The fourth-order valence-electron chi connectivity index (χ4n) is 4.41. The standard InChI is InChI=1S/C20H24O8.C9H8O3/c1-9-4-14(26-3)18(15-7-13(24)19(25)16(8-21)28-15)20-17(9)12(23)6-11(27-20)5-10(2)22;10-8-4-1-7(2-5-8)3-6-9(11)12/h4,6,13,15-16,19,21,24-25H,5,7-8H2,1-3H3;1-6,10H,(H,11,12). The third-order valence-corrected chi connectivity index (χ3v) is 6.28. The summed E-state index contributed by atoms with van der Waals surface area (Å²) in [5.41, 5.74) is 1.69. The summed E-state index contributed by atoms with van der Waals surface area (Å²) in [5.74, 6) is -0.366. The minimum atomic E-state index is -1.23. The van der Waals surface area contributed by atoms with Gasteiger partial charge in [-0.05, 0) is 49.2 Å². The van der Waals surface area contributed by atoms with Crippen LogP contribution in [0.3, 0.4) is 0 Å². The second kappa shape index (κ2) is 13.4. The summed E-state index contributed by atoms with van der Waals surface area (Å²) < 4.78 is 17.2. The van der Waals surface area contributed by atoms with Crippen LogP contribution in [-0.4, -0.2) is 69.3 Å². The molecule has 0 aliphatic carbocycles. The number of phenols is 1. The molecular formula is C29H32O11. The van der Waals surface area contributed by atoms with Crippen LogP contribution in [-0.2, 0) is 20.7 Å². The van der Waals surface area contributed by atoms with E-state index < -0.39 is 37.0 Å². The fourth-order valence-corrected chi connectivity index (χ4v) is 4.41. The SMILES string of the molecule is COc1cc(C)c2c(=O)cc(CC(C)=O)oc2c1C1CC(O)C(O)C(CO)O1.O=C(O)C=Cc1ccc(O)cc1. The molecule has 1 aromatic heterocycles. The topological polar surface area (TPSA) is 184 Å². The van der Waals surface area contributed by atoms with Crippen molar-refractivity contribution in [3.8, 4) is 11.5 Å². The monoisotopic (exact) mass is 556 g/mol. The van der Waals surface area contributed by atoms with Gasteiger partial charge >= 0.3 is 5.97 Å². The number of aliphatic carboxylic acids is 1. The van der Waals surface area contributed by atoms with Crippen molar-refractivity contribution in [2.75, 3.05) is 13.7 Å². The highest BCUT2D eigenvalue weighted by Crippen LogP contribution is 2.41. The zero-order valence-electron chi connectivity index (χ0n) is 22.2. The molecule has 4 atom stereocenters. The summed E-state index contributed by atoms with van der Waals surface area (Å²) in [6.07, 6.45) is -1.66. The van der Waals surface area contributed by atoms with Gasteiger partial charge in [0, 0.05) is 18.6 Å². The van der Waals surface area contributed by atoms with Crippen molar-refractivity contribution in [1.82, 2.24) is 0 Å². The third-order valence-electron chi connectivity index (χ3n) is 6.28. The summed E-state index contributed by atoms with van der Waals surface area (Å²) in [4.78, 5) is 34.3. The first kappa shape index (κ1) is 30.5. The van der Waals surface area contributed by atoms with E-state index in [-0.39, 0.29) is 41.1 Å². The highest BCUT2D eigenvalue weighted by atomic mass is 16.5. The molecule has 2 heterocycles. The molecule has 214 valence electrons. The molecule has 11 heteroatoms. The maximum absolute atomic E-state index is 12.7. The number of aromatic hydroxyl groups is 1. The third kappa shape index (κ3) is 7.33. The molecular weight excluding hydrogens is 524 g/mol. The summed E-state index contributed by atoms with van der Waals surface area (Å²) in [6.45, 7) is 2.66. The Morgan fingerprint density at radius 1 is 1.15 bits per heavy atom. The zero-order chi connectivity index (χ0) is 29.6. The van der Waals surface area contributed by atoms with Crippen LogP contribution in [0, 0.1) is 6.92 Å². The number of aliphatic hydroxyl groups is 3. The van der Waals surface area contributed by atoms with E-state index >= 15 is 0 Å². The van der Waals surface area contributed by atoms with Gasteiger partial charge in [0.2, 0.25) is 0 Å². The first-order valence-electron chi connectivity index (χ1n) is 12.4. The lowest BCUT2D eigenvalue weighted by atomic mass is 9.91. The van der Waals surface area contributed by atoms with Crippen LogP contribution >= 0.6 is 0 Å². The van der Waals surface area contributed by atoms with E-state index in [1.54, 1.807) is 25.1 Å². The number of carbonyl (C=O) groups excluding carboxylic acids is 1. The summed E-state index contributed by atoms with van der Waals surface area (Å²) in [7, 11) is 1.46. The van der Waals surface area contributed by atoms with Crippen molar-refractivity contribution in [3.63, 3.8) is 0 Å². The second-order valence-corrected chi connectivity index (χ2v) is 9.37. The van der Waals surface area contributed by atoms with E-state index in [1.807, 2.05) is 0 Å². The Labute approximate surface area is 229 Å². The summed E-state index contributed by atoms with van der Waals surface area (Å²) >= 11 is 0. The number of aryl methyl sites for hydroxylation is 1. The number of ether oxygens (including phenoxy) is 2. The Balaban J connectivity index is 0.000000307. The Bertz CT molecular complexity index is 1440. The molecule has 0 spiro atoms. The van der Waals surface area contributed by atoms with Gasteiger partial charge < -0.3 is 39.4 Å². The largest absolute Gasteiger partial charge is 0.508 e. The van der Waals surface area contributed by atoms with Crippen LogP contribution in [0.25, 0.3) is 17.0 Å². The van der Waals surface area contributed by atoms with E-state index in [4.69, 9.17) is 24.1 Å². The van der Waals surface area contributed by atoms with Crippen LogP contribution in [0.15, 0.2) is 51.7 Å². The number of carbonyl (C=O) groups is 2. The molecule has 5 N–H and O–H groups in total. The highest BCUT2D eigenvalue weighted by molar-refractivity contribution is 5.87. The number of benzene rings is 2. The Hall–Kier alpha value is -4.03. The molecule has 0 bridgehead atoms. The van der Waals surface area contributed by atoms with Crippen molar-refractivity contribution in [2.45, 2.75) is 51.1 Å². The number of Topliss-reactive ketones (excluding diaryl/α,β-unsaturated/α-hetero) is 1. The van der Waals surface area contributed by atoms with Crippen molar-refractivity contribution >= 4 is 28.8 Å².